The molecule has 96 valence electrons. The van der Waals surface area contributed by atoms with Crippen LogP contribution in [0.1, 0.15) is 26.7 Å². The molecule has 3 atom stereocenters. The summed E-state index contributed by atoms with van der Waals surface area (Å²) in [5.74, 6) is -0.379. The fourth-order valence-corrected chi connectivity index (χ4v) is 3.73. The van der Waals surface area contributed by atoms with E-state index < -0.39 is 11.8 Å². The second-order valence-corrected chi connectivity index (χ2v) is 6.10. The number of carboxylic acid groups (broad SMARTS) is 1. The molecule has 2 aliphatic heterocycles. The Morgan fingerprint density at radius 3 is 3.00 bits per heavy atom. The summed E-state index contributed by atoms with van der Waals surface area (Å²) in [6.45, 7) is 3.88. The molecule has 2 rings (SSSR count). The molecule has 5 heteroatoms. The maximum atomic E-state index is 10.3. The highest BCUT2D eigenvalue weighted by Crippen LogP contribution is 2.42. The Bertz CT molecular complexity index is 326. The highest BCUT2D eigenvalue weighted by atomic mass is 32.2. The van der Waals surface area contributed by atoms with Crippen LogP contribution in [0.25, 0.3) is 0 Å². The number of hydrogen-bond acceptors (Lipinski definition) is 4. The second kappa shape index (κ2) is 5.00. The minimum absolute atomic E-state index is 0.160. The Morgan fingerprint density at radius 1 is 1.53 bits per heavy atom. The lowest BCUT2D eigenvalue weighted by Crippen LogP contribution is -2.27. The molecular weight excluding hydrogens is 240 g/mol. The van der Waals surface area contributed by atoms with Crippen LogP contribution in [0, 0.1) is 0 Å². The van der Waals surface area contributed by atoms with Gasteiger partial charge < -0.3 is 14.6 Å². The number of ether oxygens (including phenoxy) is 2. The van der Waals surface area contributed by atoms with E-state index in [1.165, 1.54) is 6.08 Å². The van der Waals surface area contributed by atoms with Gasteiger partial charge in [-0.2, -0.15) is 11.8 Å². The number of allylic oxidation sites excluding steroid dienone is 1. The molecule has 0 unspecified atom stereocenters. The van der Waals surface area contributed by atoms with E-state index in [4.69, 9.17) is 14.6 Å². The van der Waals surface area contributed by atoms with Crippen molar-refractivity contribution in [3.8, 4) is 0 Å². The summed E-state index contributed by atoms with van der Waals surface area (Å²) in [5.41, 5.74) is 0. The molecular formula is C12H18O4S. The molecule has 0 bridgehead atoms. The minimum Gasteiger partial charge on any atom is -0.478 e. The average Bonchev–Trinajstić information content (AvgIpc) is 2.68. The molecule has 2 aliphatic rings. The molecule has 0 aliphatic carbocycles. The van der Waals surface area contributed by atoms with Gasteiger partial charge >= 0.3 is 5.97 Å². The van der Waals surface area contributed by atoms with Crippen molar-refractivity contribution < 1.29 is 19.4 Å². The first-order valence-corrected chi connectivity index (χ1v) is 6.89. The molecule has 17 heavy (non-hydrogen) atoms. The van der Waals surface area contributed by atoms with E-state index in [0.29, 0.717) is 5.25 Å². The number of aliphatic carboxylic acids is 1. The first-order chi connectivity index (χ1) is 7.98. The van der Waals surface area contributed by atoms with Crippen LogP contribution < -0.4 is 0 Å². The van der Waals surface area contributed by atoms with Crippen LogP contribution in [0.3, 0.4) is 0 Å². The lowest BCUT2D eigenvalue weighted by molar-refractivity contribution is -0.145. The summed E-state index contributed by atoms with van der Waals surface area (Å²) in [4.78, 5) is 10.3. The van der Waals surface area contributed by atoms with E-state index in [-0.39, 0.29) is 12.2 Å². The van der Waals surface area contributed by atoms with E-state index in [1.807, 2.05) is 25.6 Å². The molecule has 4 nitrogen and oxygen atoms in total. The monoisotopic (exact) mass is 258 g/mol. The average molecular weight is 258 g/mol. The lowest BCUT2D eigenvalue weighted by Gasteiger charge is -2.21. The highest BCUT2D eigenvalue weighted by molar-refractivity contribution is 8.00. The third-order valence-corrected chi connectivity index (χ3v) is 4.39. The molecule has 0 aromatic heterocycles. The Hall–Kier alpha value is -0.520. The van der Waals surface area contributed by atoms with Crippen LogP contribution in [-0.2, 0) is 14.3 Å². The molecule has 0 aromatic carbocycles. The van der Waals surface area contributed by atoms with Gasteiger partial charge in [-0.3, -0.25) is 0 Å². The number of carbonyl (C=O) groups is 1. The SMILES string of the molecule is CC1(C)O[C@H]2[C@H](CS[C@H]2CCC=CC(=O)O)O1. The number of rotatable bonds is 4. The number of hydrogen-bond donors (Lipinski definition) is 1. The summed E-state index contributed by atoms with van der Waals surface area (Å²) in [5, 5.41) is 8.90. The molecule has 2 saturated heterocycles. The van der Waals surface area contributed by atoms with Crippen molar-refractivity contribution in [2.24, 2.45) is 0 Å². The zero-order chi connectivity index (χ0) is 12.5. The van der Waals surface area contributed by atoms with Gasteiger partial charge in [0.2, 0.25) is 0 Å². The van der Waals surface area contributed by atoms with Gasteiger partial charge in [-0.1, -0.05) is 6.08 Å². The Morgan fingerprint density at radius 2 is 2.29 bits per heavy atom. The van der Waals surface area contributed by atoms with Gasteiger partial charge in [-0.25, -0.2) is 4.79 Å². The maximum Gasteiger partial charge on any atom is 0.327 e. The van der Waals surface area contributed by atoms with E-state index >= 15 is 0 Å². The molecule has 0 saturated carbocycles. The van der Waals surface area contributed by atoms with Crippen LogP contribution in [0.15, 0.2) is 12.2 Å². The predicted octanol–water partition coefficient (Wildman–Crippen LogP) is 2.04. The van der Waals surface area contributed by atoms with Crippen molar-refractivity contribution in [3.05, 3.63) is 12.2 Å². The van der Waals surface area contributed by atoms with Gasteiger partial charge in [0.25, 0.3) is 0 Å². The van der Waals surface area contributed by atoms with Crippen molar-refractivity contribution in [1.29, 1.82) is 0 Å². The molecule has 0 spiro atoms. The van der Waals surface area contributed by atoms with Crippen LogP contribution >= 0.6 is 11.8 Å². The third kappa shape index (κ3) is 3.24. The van der Waals surface area contributed by atoms with Crippen molar-refractivity contribution in [2.75, 3.05) is 5.75 Å². The number of carboxylic acids is 1. The Labute approximate surface area is 105 Å². The normalized spacial score (nSPS) is 35.3. The van der Waals surface area contributed by atoms with Gasteiger partial charge in [-0.15, -0.1) is 0 Å². The van der Waals surface area contributed by atoms with Crippen LogP contribution in [0.4, 0.5) is 0 Å². The zero-order valence-corrected chi connectivity index (χ0v) is 10.9. The predicted molar refractivity (Wildman–Crippen MR) is 66.1 cm³/mol. The maximum absolute atomic E-state index is 10.3. The fraction of sp³-hybridized carbons (Fsp3) is 0.750. The van der Waals surface area contributed by atoms with Gasteiger partial charge in [-0.05, 0) is 26.7 Å². The van der Waals surface area contributed by atoms with Crippen molar-refractivity contribution in [1.82, 2.24) is 0 Å². The highest BCUT2D eigenvalue weighted by Gasteiger charge is 2.48. The molecule has 2 fully saturated rings. The van der Waals surface area contributed by atoms with E-state index in [9.17, 15) is 4.79 Å². The number of thioether (sulfide) groups is 1. The largest absolute Gasteiger partial charge is 0.478 e. The molecule has 0 radical (unpaired) electrons. The third-order valence-electron chi connectivity index (χ3n) is 2.94. The quantitative estimate of drug-likeness (QED) is 0.782. The second-order valence-electron chi connectivity index (χ2n) is 4.83. The standard InChI is InChI=1S/C12H18O4S/c1-12(2)15-8-7-17-9(11(8)16-12)5-3-4-6-10(13)14/h4,6,8-9,11H,3,5,7H2,1-2H3,(H,13,14)/t8-,9-,11-/m0/s1. The summed E-state index contributed by atoms with van der Waals surface area (Å²) < 4.78 is 11.7. The summed E-state index contributed by atoms with van der Waals surface area (Å²) >= 11 is 1.86. The van der Waals surface area contributed by atoms with Gasteiger partial charge in [0.05, 0.1) is 12.2 Å². The first kappa shape index (κ1) is 12.9. The van der Waals surface area contributed by atoms with E-state index in [1.54, 1.807) is 6.08 Å². The van der Waals surface area contributed by atoms with Crippen molar-refractivity contribution in [3.63, 3.8) is 0 Å². The first-order valence-electron chi connectivity index (χ1n) is 5.85. The Balaban J connectivity index is 1.81. The van der Waals surface area contributed by atoms with Crippen LogP contribution in [-0.4, -0.2) is 40.1 Å². The molecule has 0 amide bonds. The zero-order valence-electron chi connectivity index (χ0n) is 10.1. The van der Waals surface area contributed by atoms with E-state index in [0.717, 1.165) is 18.6 Å². The van der Waals surface area contributed by atoms with Crippen molar-refractivity contribution in [2.45, 2.75) is 49.9 Å². The Kier molecular flexibility index (Phi) is 3.80. The van der Waals surface area contributed by atoms with Gasteiger partial charge in [0.1, 0.15) is 0 Å². The summed E-state index contributed by atoms with van der Waals surface area (Å²) in [7, 11) is 0. The van der Waals surface area contributed by atoms with Crippen LogP contribution in [0.2, 0.25) is 0 Å². The molecule has 0 aromatic rings. The van der Waals surface area contributed by atoms with Crippen molar-refractivity contribution >= 4 is 17.7 Å². The lowest BCUT2D eigenvalue weighted by atomic mass is 10.1. The van der Waals surface area contributed by atoms with Crippen LogP contribution in [0.5, 0.6) is 0 Å². The molecule has 2 heterocycles. The fourth-order valence-electron chi connectivity index (χ4n) is 2.31. The van der Waals surface area contributed by atoms with Gasteiger partial charge in [0.15, 0.2) is 5.79 Å². The number of fused-ring (bicyclic) bond motifs is 1. The summed E-state index contributed by atoms with van der Waals surface area (Å²) in [6.07, 6.45) is 4.98. The minimum atomic E-state index is -0.886. The van der Waals surface area contributed by atoms with Gasteiger partial charge in [0, 0.05) is 17.1 Å². The summed E-state index contributed by atoms with van der Waals surface area (Å²) in [6, 6.07) is 0. The smallest absolute Gasteiger partial charge is 0.327 e. The van der Waals surface area contributed by atoms with E-state index in [2.05, 4.69) is 0 Å². The topological polar surface area (TPSA) is 55.8 Å². The molecule has 1 N–H and O–H groups in total.